The average Bonchev–Trinajstić information content (AvgIpc) is 2.45. The van der Waals surface area contributed by atoms with Gasteiger partial charge in [0.15, 0.2) is 0 Å². The highest BCUT2D eigenvalue weighted by Crippen LogP contribution is 2.02. The molecule has 0 saturated heterocycles. The maximum Gasteiger partial charge on any atom is 0.331 e. The van der Waals surface area contributed by atoms with Crippen molar-refractivity contribution < 1.29 is 19.1 Å². The van der Waals surface area contributed by atoms with Gasteiger partial charge >= 0.3 is 11.9 Å². The first-order chi connectivity index (χ1) is 9.54. The number of esters is 2. The molecule has 0 saturated carbocycles. The van der Waals surface area contributed by atoms with Crippen LogP contribution in [-0.4, -0.2) is 44.1 Å². The minimum Gasteiger partial charge on any atom is -0.466 e. The number of nitrogens with zero attached hydrogens (tertiary/aromatic N) is 1. The lowest BCUT2D eigenvalue weighted by molar-refractivity contribution is -0.139. The predicted molar refractivity (Wildman–Crippen MR) is 77.8 cm³/mol. The SMILES string of the molecule is C=C/C(=C\C=C/C)N(C)CCOC(=O)/C=C/C(=O)OC. The molecular formula is C15H21NO4. The van der Waals surface area contributed by atoms with E-state index in [9.17, 15) is 9.59 Å². The second-order valence-corrected chi connectivity index (χ2v) is 3.77. The molecule has 0 unspecified atom stereocenters. The number of allylic oxidation sites excluding steroid dienone is 4. The van der Waals surface area contributed by atoms with Crippen LogP contribution in [0.4, 0.5) is 0 Å². The third kappa shape index (κ3) is 7.92. The highest BCUT2D eigenvalue weighted by Gasteiger charge is 2.03. The van der Waals surface area contributed by atoms with Crippen molar-refractivity contribution in [2.75, 3.05) is 27.3 Å². The topological polar surface area (TPSA) is 55.8 Å². The van der Waals surface area contributed by atoms with Crippen LogP contribution in [0.1, 0.15) is 6.92 Å². The quantitative estimate of drug-likeness (QED) is 0.385. The molecule has 0 aromatic rings. The lowest BCUT2D eigenvalue weighted by Crippen LogP contribution is -2.22. The number of methoxy groups -OCH3 is 1. The van der Waals surface area contributed by atoms with Crippen molar-refractivity contribution in [2.24, 2.45) is 0 Å². The van der Waals surface area contributed by atoms with Gasteiger partial charge in [-0.3, -0.25) is 0 Å². The molecule has 0 radical (unpaired) electrons. The molecule has 0 rings (SSSR count). The largest absolute Gasteiger partial charge is 0.466 e. The smallest absolute Gasteiger partial charge is 0.331 e. The number of carbonyl (C=O) groups excluding carboxylic acids is 2. The minimum atomic E-state index is -0.595. The third-order valence-electron chi connectivity index (χ3n) is 2.34. The monoisotopic (exact) mass is 279 g/mol. The molecule has 0 N–H and O–H groups in total. The van der Waals surface area contributed by atoms with E-state index in [1.54, 1.807) is 6.08 Å². The average molecular weight is 279 g/mol. The highest BCUT2D eigenvalue weighted by molar-refractivity contribution is 5.91. The minimum absolute atomic E-state index is 0.210. The Morgan fingerprint density at radius 3 is 2.45 bits per heavy atom. The number of carbonyl (C=O) groups is 2. The first-order valence-electron chi connectivity index (χ1n) is 6.14. The summed E-state index contributed by atoms with van der Waals surface area (Å²) in [6.45, 7) is 6.38. The molecule has 0 aliphatic carbocycles. The number of rotatable bonds is 8. The van der Waals surface area contributed by atoms with E-state index < -0.39 is 11.9 Å². The van der Waals surface area contributed by atoms with Gasteiger partial charge in [0.2, 0.25) is 0 Å². The molecule has 0 heterocycles. The van der Waals surface area contributed by atoms with Gasteiger partial charge in [0.05, 0.1) is 13.7 Å². The number of hydrogen-bond donors (Lipinski definition) is 0. The predicted octanol–water partition coefficient (Wildman–Crippen LogP) is 1.84. The van der Waals surface area contributed by atoms with Crippen molar-refractivity contribution >= 4 is 11.9 Å². The Morgan fingerprint density at radius 2 is 1.90 bits per heavy atom. The zero-order valence-electron chi connectivity index (χ0n) is 12.2. The van der Waals surface area contributed by atoms with E-state index in [0.717, 1.165) is 17.8 Å². The van der Waals surface area contributed by atoms with Gasteiger partial charge in [0, 0.05) is 24.9 Å². The molecule has 5 nitrogen and oxygen atoms in total. The molecule has 0 amide bonds. The van der Waals surface area contributed by atoms with Crippen LogP contribution in [-0.2, 0) is 19.1 Å². The summed E-state index contributed by atoms with van der Waals surface area (Å²) >= 11 is 0. The van der Waals surface area contributed by atoms with Crippen molar-refractivity contribution in [3.8, 4) is 0 Å². The Balaban J connectivity index is 4.16. The molecule has 0 atom stereocenters. The summed E-state index contributed by atoms with van der Waals surface area (Å²) in [6, 6.07) is 0. The summed E-state index contributed by atoms with van der Waals surface area (Å²) in [5, 5.41) is 0. The Hall–Kier alpha value is -2.30. The van der Waals surface area contributed by atoms with Crippen LogP contribution in [0.3, 0.4) is 0 Å². The summed E-state index contributed by atoms with van der Waals surface area (Å²) in [4.78, 5) is 24.0. The van der Waals surface area contributed by atoms with Gasteiger partial charge in [-0.1, -0.05) is 18.7 Å². The molecule has 20 heavy (non-hydrogen) atoms. The van der Waals surface area contributed by atoms with E-state index in [1.165, 1.54) is 7.11 Å². The first-order valence-corrected chi connectivity index (χ1v) is 6.14. The second-order valence-electron chi connectivity index (χ2n) is 3.77. The van der Waals surface area contributed by atoms with Crippen LogP contribution in [0.2, 0.25) is 0 Å². The highest BCUT2D eigenvalue weighted by atomic mass is 16.5. The van der Waals surface area contributed by atoms with Crippen LogP contribution in [0.15, 0.2) is 48.7 Å². The Labute approximate surface area is 119 Å². The summed E-state index contributed by atoms with van der Waals surface area (Å²) in [5.74, 6) is -1.18. The molecule has 0 aliphatic heterocycles. The molecule has 110 valence electrons. The summed E-state index contributed by atoms with van der Waals surface area (Å²) < 4.78 is 9.31. The van der Waals surface area contributed by atoms with E-state index in [2.05, 4.69) is 11.3 Å². The first kappa shape index (κ1) is 17.7. The molecule has 0 aromatic heterocycles. The van der Waals surface area contributed by atoms with Crippen LogP contribution in [0, 0.1) is 0 Å². The fourth-order valence-electron chi connectivity index (χ4n) is 1.21. The summed E-state index contributed by atoms with van der Waals surface area (Å²) in [7, 11) is 3.11. The number of likely N-dealkylation sites (N-methyl/N-ethyl adjacent to an activating group) is 1. The van der Waals surface area contributed by atoms with Gasteiger partial charge in [-0.15, -0.1) is 0 Å². The fraction of sp³-hybridized carbons (Fsp3) is 0.333. The van der Waals surface area contributed by atoms with Crippen molar-refractivity contribution in [2.45, 2.75) is 6.92 Å². The molecule has 0 bridgehead atoms. The standard InChI is InChI=1S/C15H21NO4/c1-5-7-8-13(6-2)16(3)11-12-20-15(18)10-9-14(17)19-4/h5-10H,2,11-12H2,1,3-4H3/b7-5-,10-9+,13-8+. The Morgan fingerprint density at radius 1 is 1.25 bits per heavy atom. The lowest BCUT2D eigenvalue weighted by atomic mass is 10.3. The molecule has 0 fully saturated rings. The number of hydrogen-bond acceptors (Lipinski definition) is 5. The van der Waals surface area contributed by atoms with E-state index in [4.69, 9.17) is 4.74 Å². The van der Waals surface area contributed by atoms with Gasteiger partial charge < -0.3 is 14.4 Å². The maximum atomic E-state index is 11.3. The van der Waals surface area contributed by atoms with Gasteiger partial charge in [-0.05, 0) is 19.1 Å². The van der Waals surface area contributed by atoms with E-state index in [1.807, 2.05) is 37.1 Å². The van der Waals surface area contributed by atoms with Crippen LogP contribution in [0.25, 0.3) is 0 Å². The maximum absolute atomic E-state index is 11.3. The molecule has 0 aliphatic rings. The molecule has 5 heteroatoms. The van der Waals surface area contributed by atoms with Crippen LogP contribution >= 0.6 is 0 Å². The van der Waals surface area contributed by atoms with Crippen LogP contribution < -0.4 is 0 Å². The summed E-state index contributed by atoms with van der Waals surface area (Å²) in [5.41, 5.74) is 0.921. The molecule has 0 spiro atoms. The van der Waals surface area contributed by atoms with Crippen LogP contribution in [0.5, 0.6) is 0 Å². The van der Waals surface area contributed by atoms with Gasteiger partial charge in [-0.2, -0.15) is 0 Å². The van der Waals surface area contributed by atoms with Crippen molar-refractivity contribution in [1.29, 1.82) is 0 Å². The van der Waals surface area contributed by atoms with Crippen molar-refractivity contribution in [3.05, 3.63) is 48.7 Å². The van der Waals surface area contributed by atoms with Gasteiger partial charge in [-0.25, -0.2) is 9.59 Å². The van der Waals surface area contributed by atoms with E-state index in [-0.39, 0.29) is 6.61 Å². The van der Waals surface area contributed by atoms with E-state index in [0.29, 0.717) is 6.54 Å². The number of ether oxygens (including phenoxy) is 2. The third-order valence-corrected chi connectivity index (χ3v) is 2.34. The normalized spacial score (nSPS) is 11.7. The fourth-order valence-corrected chi connectivity index (χ4v) is 1.21. The molecular weight excluding hydrogens is 258 g/mol. The Kier molecular flexibility index (Phi) is 9.39. The summed E-state index contributed by atoms with van der Waals surface area (Å²) in [6.07, 6.45) is 9.50. The van der Waals surface area contributed by atoms with Gasteiger partial charge in [0.25, 0.3) is 0 Å². The van der Waals surface area contributed by atoms with Gasteiger partial charge in [0.1, 0.15) is 6.61 Å². The second kappa shape index (κ2) is 10.6. The molecule has 0 aromatic carbocycles. The van der Waals surface area contributed by atoms with Crippen molar-refractivity contribution in [3.63, 3.8) is 0 Å². The lowest BCUT2D eigenvalue weighted by Gasteiger charge is -2.19. The van der Waals surface area contributed by atoms with E-state index >= 15 is 0 Å². The Bertz CT molecular complexity index is 422. The zero-order valence-corrected chi connectivity index (χ0v) is 12.2. The zero-order chi connectivity index (χ0) is 15.4. The van der Waals surface area contributed by atoms with Crippen molar-refractivity contribution in [1.82, 2.24) is 4.90 Å².